The third-order valence-corrected chi connectivity index (χ3v) is 1.56. The van der Waals surface area contributed by atoms with E-state index in [2.05, 4.69) is 5.10 Å². The van der Waals surface area contributed by atoms with E-state index in [1.165, 1.54) is 0 Å². The molecule has 0 radical (unpaired) electrons. The number of rotatable bonds is 1. The summed E-state index contributed by atoms with van der Waals surface area (Å²) in [6, 6.07) is 0. The second-order valence-electron chi connectivity index (χ2n) is 2.46. The van der Waals surface area contributed by atoms with Crippen LogP contribution < -0.4 is 0 Å². The van der Waals surface area contributed by atoms with Crippen molar-refractivity contribution in [3.05, 3.63) is 0 Å². The van der Waals surface area contributed by atoms with Crippen LogP contribution in [0.15, 0.2) is 5.10 Å². The first-order valence-corrected chi connectivity index (χ1v) is 3.26. The number of hydrazone groups is 1. The predicted molar refractivity (Wildman–Crippen MR) is 35.8 cm³/mol. The van der Waals surface area contributed by atoms with E-state index in [0.29, 0.717) is 5.01 Å². The maximum Gasteiger partial charge on any atom is 0.432 e. The van der Waals surface area contributed by atoms with Gasteiger partial charge in [-0.1, -0.05) is 0 Å². The number of nitrogens with zero attached hydrogens (tertiary/aromatic N) is 2. The Balaban J connectivity index is 3.04. The van der Waals surface area contributed by atoms with Crippen LogP contribution in [0.5, 0.6) is 0 Å². The van der Waals surface area contributed by atoms with Crippen LogP contribution >= 0.6 is 0 Å². The molecule has 1 atom stereocenters. The van der Waals surface area contributed by atoms with Crippen molar-refractivity contribution >= 4 is 17.9 Å². The van der Waals surface area contributed by atoms with Crippen molar-refractivity contribution in [3.8, 4) is 0 Å². The second kappa shape index (κ2) is 2.82. The fourth-order valence-electron chi connectivity index (χ4n) is 0.947. The van der Waals surface area contributed by atoms with Crippen LogP contribution in [0.2, 0.25) is 0 Å². The highest BCUT2D eigenvalue weighted by Gasteiger charge is 2.48. The van der Waals surface area contributed by atoms with Gasteiger partial charge < -0.3 is 4.79 Å². The lowest BCUT2D eigenvalue weighted by atomic mass is 10.1. The standard InChI is InChI=1S/C6H5F3N2O2/c1-11-5(13)3(2-12)4(10-11)6(7,8)9/h2-3H,1H3. The third kappa shape index (κ3) is 1.53. The van der Waals surface area contributed by atoms with E-state index in [4.69, 9.17) is 0 Å². The Hall–Kier alpha value is -1.40. The molecule has 1 unspecified atom stereocenters. The van der Waals surface area contributed by atoms with E-state index in [-0.39, 0.29) is 6.29 Å². The summed E-state index contributed by atoms with van der Waals surface area (Å²) >= 11 is 0. The molecule has 0 saturated heterocycles. The first kappa shape index (κ1) is 9.69. The lowest BCUT2D eigenvalue weighted by Crippen LogP contribution is -2.33. The van der Waals surface area contributed by atoms with Gasteiger partial charge >= 0.3 is 6.18 Å². The molecule has 4 nitrogen and oxygen atoms in total. The van der Waals surface area contributed by atoms with E-state index < -0.39 is 23.7 Å². The highest BCUT2D eigenvalue weighted by molar-refractivity contribution is 6.19. The van der Waals surface area contributed by atoms with Crippen LogP contribution in [0, 0.1) is 5.92 Å². The molecule has 1 rings (SSSR count). The number of carbonyl (C=O) groups excluding carboxylic acids is 2. The summed E-state index contributed by atoms with van der Waals surface area (Å²) in [6.45, 7) is 0. The summed E-state index contributed by atoms with van der Waals surface area (Å²) < 4.78 is 36.2. The minimum Gasteiger partial charge on any atom is -0.302 e. The van der Waals surface area contributed by atoms with Gasteiger partial charge in [-0.15, -0.1) is 0 Å². The van der Waals surface area contributed by atoms with Gasteiger partial charge in [0.2, 0.25) is 0 Å². The molecule has 1 aliphatic rings. The molecule has 7 heteroatoms. The van der Waals surface area contributed by atoms with Crippen molar-refractivity contribution < 1.29 is 22.8 Å². The SMILES string of the molecule is CN1N=C(C(F)(F)F)C(C=O)C1=O. The Labute approximate surface area is 71.0 Å². The van der Waals surface area contributed by atoms with Crippen molar-refractivity contribution in [1.29, 1.82) is 0 Å². The summed E-state index contributed by atoms with van der Waals surface area (Å²) in [5.74, 6) is -2.76. The van der Waals surface area contributed by atoms with Crippen LogP contribution in [-0.4, -0.2) is 36.1 Å². The first-order valence-electron chi connectivity index (χ1n) is 3.26. The van der Waals surface area contributed by atoms with Crippen LogP contribution in [0.1, 0.15) is 0 Å². The number of alkyl halides is 3. The smallest absolute Gasteiger partial charge is 0.302 e. The minimum atomic E-state index is -4.73. The van der Waals surface area contributed by atoms with Gasteiger partial charge in [0, 0.05) is 7.05 Å². The van der Waals surface area contributed by atoms with E-state index in [1.807, 2.05) is 0 Å². The molecule has 13 heavy (non-hydrogen) atoms. The van der Waals surface area contributed by atoms with Gasteiger partial charge in [0.25, 0.3) is 5.91 Å². The fraction of sp³-hybridized carbons (Fsp3) is 0.500. The van der Waals surface area contributed by atoms with Crippen molar-refractivity contribution in [3.63, 3.8) is 0 Å². The van der Waals surface area contributed by atoms with Gasteiger partial charge in [-0.3, -0.25) is 4.79 Å². The maximum absolute atomic E-state index is 12.1. The van der Waals surface area contributed by atoms with Crippen LogP contribution in [0.25, 0.3) is 0 Å². The summed E-state index contributed by atoms with van der Waals surface area (Å²) in [4.78, 5) is 21.1. The molecule has 0 saturated carbocycles. The number of hydrogen-bond acceptors (Lipinski definition) is 3. The van der Waals surface area contributed by atoms with Gasteiger partial charge in [-0.25, -0.2) is 5.01 Å². The van der Waals surface area contributed by atoms with Gasteiger partial charge in [0.15, 0.2) is 5.71 Å². The Morgan fingerprint density at radius 2 is 2.08 bits per heavy atom. The van der Waals surface area contributed by atoms with Gasteiger partial charge in [-0.2, -0.15) is 18.3 Å². The zero-order valence-corrected chi connectivity index (χ0v) is 6.50. The molecule has 0 bridgehead atoms. The number of amides is 1. The minimum absolute atomic E-state index is 0.0574. The first-order chi connectivity index (χ1) is 5.88. The highest BCUT2D eigenvalue weighted by Crippen LogP contribution is 2.26. The molecule has 0 aromatic heterocycles. The number of carbonyl (C=O) groups is 2. The van der Waals surface area contributed by atoms with Crippen LogP contribution in [0.4, 0.5) is 13.2 Å². The molecule has 0 aromatic rings. The molecular weight excluding hydrogens is 189 g/mol. The highest BCUT2D eigenvalue weighted by atomic mass is 19.4. The molecule has 1 aliphatic heterocycles. The van der Waals surface area contributed by atoms with Crippen molar-refractivity contribution in [1.82, 2.24) is 5.01 Å². The Morgan fingerprint density at radius 1 is 1.54 bits per heavy atom. The molecule has 0 N–H and O–H groups in total. The zero-order chi connectivity index (χ0) is 10.2. The fourth-order valence-corrected chi connectivity index (χ4v) is 0.947. The average Bonchev–Trinajstić information content (AvgIpc) is 2.28. The maximum atomic E-state index is 12.1. The molecule has 0 aromatic carbocycles. The topological polar surface area (TPSA) is 49.7 Å². The van der Waals surface area contributed by atoms with Gasteiger partial charge in [0.1, 0.15) is 12.2 Å². The molecule has 0 spiro atoms. The molecule has 0 aliphatic carbocycles. The zero-order valence-electron chi connectivity index (χ0n) is 6.50. The van der Waals surface area contributed by atoms with Crippen molar-refractivity contribution in [2.45, 2.75) is 6.18 Å². The van der Waals surface area contributed by atoms with Crippen molar-refractivity contribution in [2.24, 2.45) is 11.0 Å². The molecule has 72 valence electrons. The molecular formula is C6H5F3N2O2. The lowest BCUT2D eigenvalue weighted by molar-refractivity contribution is -0.133. The van der Waals surface area contributed by atoms with Gasteiger partial charge in [-0.05, 0) is 0 Å². The van der Waals surface area contributed by atoms with E-state index in [0.717, 1.165) is 7.05 Å². The number of hydrogen-bond donors (Lipinski definition) is 0. The summed E-state index contributed by atoms with van der Waals surface area (Å²) in [6.07, 6.45) is -4.79. The quantitative estimate of drug-likeness (QED) is 0.442. The number of aldehydes is 1. The Morgan fingerprint density at radius 3 is 2.38 bits per heavy atom. The monoisotopic (exact) mass is 194 g/mol. The van der Waals surface area contributed by atoms with Gasteiger partial charge in [0.05, 0.1) is 0 Å². The Kier molecular flexibility index (Phi) is 2.10. The van der Waals surface area contributed by atoms with Crippen LogP contribution in [-0.2, 0) is 9.59 Å². The number of halogens is 3. The van der Waals surface area contributed by atoms with Crippen LogP contribution in [0.3, 0.4) is 0 Å². The predicted octanol–water partition coefficient (Wildman–Crippen LogP) is 0.192. The molecule has 0 fully saturated rings. The molecule has 1 heterocycles. The average molecular weight is 194 g/mol. The summed E-state index contributed by atoms with van der Waals surface area (Å²) in [5, 5.41) is 3.45. The van der Waals surface area contributed by atoms with E-state index in [1.54, 1.807) is 0 Å². The van der Waals surface area contributed by atoms with Crippen molar-refractivity contribution in [2.75, 3.05) is 7.05 Å². The largest absolute Gasteiger partial charge is 0.432 e. The summed E-state index contributed by atoms with van der Waals surface area (Å²) in [5.41, 5.74) is -1.35. The third-order valence-electron chi connectivity index (χ3n) is 1.56. The lowest BCUT2D eigenvalue weighted by Gasteiger charge is -2.06. The second-order valence-corrected chi connectivity index (χ2v) is 2.46. The normalized spacial score (nSPS) is 23.4. The molecule has 1 amide bonds. The summed E-state index contributed by atoms with van der Waals surface area (Å²) in [7, 11) is 1.07. The van der Waals surface area contributed by atoms with E-state index in [9.17, 15) is 22.8 Å². The van der Waals surface area contributed by atoms with E-state index >= 15 is 0 Å². The Bertz CT molecular complexity index is 284.